The number of hydrogen-bond donors (Lipinski definition) is 0. The highest BCUT2D eigenvalue weighted by Gasteiger charge is 2.28. The zero-order valence-corrected chi connectivity index (χ0v) is 12.3. The number of rotatable bonds is 4. The van der Waals surface area contributed by atoms with Crippen molar-refractivity contribution < 1.29 is 19.1 Å². The number of thiophene rings is 1. The van der Waals surface area contributed by atoms with Crippen LogP contribution in [-0.2, 0) is 9.47 Å². The average Bonchev–Trinajstić information content (AvgIpc) is 2.75. The van der Waals surface area contributed by atoms with E-state index in [2.05, 4.69) is 4.74 Å². The fraction of sp³-hybridized carbons (Fsp3) is 0.400. The molecule has 0 spiro atoms. The lowest BCUT2D eigenvalue weighted by molar-refractivity contribution is 0.0557. The summed E-state index contributed by atoms with van der Waals surface area (Å²) in [6.07, 6.45) is 3.75. The van der Waals surface area contributed by atoms with Crippen molar-refractivity contribution in [1.82, 2.24) is 0 Å². The summed E-state index contributed by atoms with van der Waals surface area (Å²) in [5.74, 6) is -1.02. The first-order valence-electron chi connectivity index (χ1n) is 4.52. The van der Waals surface area contributed by atoms with Crippen LogP contribution in [0.2, 0.25) is 0 Å². The highest BCUT2D eigenvalue weighted by molar-refractivity contribution is 8.03. The molecule has 0 saturated carbocycles. The maximum absolute atomic E-state index is 11.7. The first kappa shape index (κ1) is 14.4. The normalized spacial score (nSPS) is 10.1. The third kappa shape index (κ3) is 2.78. The molecule has 1 rings (SSSR count). The number of carbonyl (C=O) groups is 2. The molecule has 0 amide bonds. The third-order valence-electron chi connectivity index (χ3n) is 1.98. The van der Waals surface area contributed by atoms with Gasteiger partial charge in [0.1, 0.15) is 4.88 Å². The summed E-state index contributed by atoms with van der Waals surface area (Å²) in [5, 5.41) is 0. The minimum atomic E-state index is -0.508. The highest BCUT2D eigenvalue weighted by Crippen LogP contribution is 2.41. The fourth-order valence-electron chi connectivity index (χ4n) is 1.24. The van der Waals surface area contributed by atoms with E-state index in [1.54, 1.807) is 0 Å². The Labute approximate surface area is 112 Å². The van der Waals surface area contributed by atoms with Gasteiger partial charge in [0.25, 0.3) is 0 Å². The van der Waals surface area contributed by atoms with Gasteiger partial charge in [-0.05, 0) is 12.5 Å². The van der Waals surface area contributed by atoms with Crippen LogP contribution < -0.4 is 0 Å². The Morgan fingerprint density at radius 2 is 1.65 bits per heavy atom. The van der Waals surface area contributed by atoms with Gasteiger partial charge in [-0.25, -0.2) is 9.59 Å². The van der Waals surface area contributed by atoms with E-state index >= 15 is 0 Å². The van der Waals surface area contributed by atoms with Crippen molar-refractivity contribution in [2.75, 3.05) is 26.7 Å². The molecule has 4 nitrogen and oxygen atoms in total. The molecule has 0 aliphatic carbocycles. The van der Waals surface area contributed by atoms with Crippen LogP contribution in [0.25, 0.3) is 0 Å². The van der Waals surface area contributed by atoms with Gasteiger partial charge in [-0.1, -0.05) is 0 Å². The lowest BCUT2D eigenvalue weighted by Crippen LogP contribution is -2.09. The Morgan fingerprint density at radius 1 is 1.06 bits per heavy atom. The molecular formula is C10H12O4S3. The predicted molar refractivity (Wildman–Crippen MR) is 70.6 cm³/mol. The third-order valence-corrected chi connectivity index (χ3v) is 5.35. The van der Waals surface area contributed by atoms with E-state index in [9.17, 15) is 9.59 Å². The van der Waals surface area contributed by atoms with Crippen molar-refractivity contribution in [3.05, 3.63) is 10.4 Å². The van der Waals surface area contributed by atoms with Crippen molar-refractivity contribution in [3.8, 4) is 0 Å². The number of thioether (sulfide) groups is 2. The predicted octanol–water partition coefficient (Wildman–Crippen LogP) is 2.77. The molecule has 7 heteroatoms. The van der Waals surface area contributed by atoms with E-state index in [1.807, 2.05) is 12.5 Å². The maximum Gasteiger partial charge on any atom is 0.349 e. The van der Waals surface area contributed by atoms with Crippen LogP contribution in [0.5, 0.6) is 0 Å². The Hall–Kier alpha value is -0.660. The summed E-state index contributed by atoms with van der Waals surface area (Å²) < 4.78 is 10.3. The van der Waals surface area contributed by atoms with Gasteiger partial charge in [0.05, 0.1) is 24.0 Å². The van der Waals surface area contributed by atoms with E-state index in [0.717, 1.165) is 9.10 Å². The van der Waals surface area contributed by atoms with Crippen LogP contribution in [0.15, 0.2) is 9.10 Å². The molecule has 0 N–H and O–H groups in total. The van der Waals surface area contributed by atoms with Crippen LogP contribution >= 0.6 is 34.9 Å². The van der Waals surface area contributed by atoms with E-state index in [1.165, 1.54) is 49.1 Å². The lowest BCUT2D eigenvalue weighted by Gasteiger charge is -2.03. The standard InChI is InChI=1S/C10H12O4S3/c1-13-8(11)5-6(9(12)14-2)17-10(16-4)7(5)15-3/h1-4H3. The van der Waals surface area contributed by atoms with Gasteiger partial charge in [-0.3, -0.25) is 0 Å². The van der Waals surface area contributed by atoms with Crippen molar-refractivity contribution in [1.29, 1.82) is 0 Å². The second-order valence-electron chi connectivity index (χ2n) is 2.81. The first-order valence-corrected chi connectivity index (χ1v) is 7.78. The Balaban J connectivity index is 3.43. The number of carbonyl (C=O) groups excluding carboxylic acids is 2. The molecule has 0 unspecified atom stereocenters. The van der Waals surface area contributed by atoms with Gasteiger partial charge in [0.2, 0.25) is 0 Å². The van der Waals surface area contributed by atoms with Crippen LogP contribution in [-0.4, -0.2) is 38.7 Å². The van der Waals surface area contributed by atoms with Gasteiger partial charge >= 0.3 is 11.9 Å². The molecule has 1 aromatic rings. The molecule has 1 heterocycles. The molecule has 0 atom stereocenters. The smallest absolute Gasteiger partial charge is 0.349 e. The largest absolute Gasteiger partial charge is 0.465 e. The minimum Gasteiger partial charge on any atom is -0.465 e. The van der Waals surface area contributed by atoms with E-state index in [-0.39, 0.29) is 0 Å². The van der Waals surface area contributed by atoms with Gasteiger partial charge < -0.3 is 9.47 Å². The zero-order chi connectivity index (χ0) is 13.0. The molecule has 0 aliphatic rings. The van der Waals surface area contributed by atoms with E-state index in [4.69, 9.17) is 4.74 Å². The first-order chi connectivity index (χ1) is 8.10. The molecule has 0 aromatic carbocycles. The van der Waals surface area contributed by atoms with Gasteiger partial charge in [0, 0.05) is 4.90 Å². The maximum atomic E-state index is 11.7. The number of methoxy groups -OCH3 is 2. The molecule has 0 aliphatic heterocycles. The average molecular weight is 292 g/mol. The van der Waals surface area contributed by atoms with E-state index < -0.39 is 11.9 Å². The van der Waals surface area contributed by atoms with Crippen molar-refractivity contribution in [3.63, 3.8) is 0 Å². The van der Waals surface area contributed by atoms with E-state index in [0.29, 0.717) is 10.4 Å². The quantitative estimate of drug-likeness (QED) is 0.628. The molecule has 17 heavy (non-hydrogen) atoms. The molecule has 94 valence electrons. The lowest BCUT2D eigenvalue weighted by atomic mass is 10.2. The second kappa shape index (κ2) is 6.32. The topological polar surface area (TPSA) is 52.6 Å². The van der Waals surface area contributed by atoms with Crippen LogP contribution in [0.1, 0.15) is 20.0 Å². The highest BCUT2D eigenvalue weighted by atomic mass is 32.2. The number of hydrogen-bond acceptors (Lipinski definition) is 7. The number of ether oxygens (including phenoxy) is 2. The van der Waals surface area contributed by atoms with Crippen molar-refractivity contribution in [2.45, 2.75) is 9.10 Å². The molecule has 0 radical (unpaired) electrons. The minimum absolute atomic E-state index is 0.299. The molecule has 1 aromatic heterocycles. The van der Waals surface area contributed by atoms with Gasteiger partial charge in [-0.15, -0.1) is 34.9 Å². The van der Waals surface area contributed by atoms with Gasteiger partial charge in [-0.2, -0.15) is 0 Å². The monoisotopic (exact) mass is 292 g/mol. The summed E-state index contributed by atoms with van der Waals surface area (Å²) in [5.41, 5.74) is 0.307. The van der Waals surface area contributed by atoms with Crippen LogP contribution in [0.3, 0.4) is 0 Å². The number of esters is 2. The molecular weight excluding hydrogens is 280 g/mol. The van der Waals surface area contributed by atoms with Gasteiger partial charge in [0.15, 0.2) is 0 Å². The summed E-state index contributed by atoms with van der Waals surface area (Å²) in [4.78, 5) is 24.4. The zero-order valence-electron chi connectivity index (χ0n) is 9.86. The second-order valence-corrected chi connectivity index (χ2v) is 5.73. The summed E-state index contributed by atoms with van der Waals surface area (Å²) in [6.45, 7) is 0. The summed E-state index contributed by atoms with van der Waals surface area (Å²) in [7, 11) is 2.59. The molecule has 0 saturated heterocycles. The fourth-order valence-corrected chi connectivity index (χ4v) is 4.44. The Morgan fingerprint density at radius 3 is 2.06 bits per heavy atom. The SMILES string of the molecule is COC(=O)c1sc(SC)c(SC)c1C(=O)OC. The molecule has 0 bridgehead atoms. The van der Waals surface area contributed by atoms with Crippen molar-refractivity contribution in [2.24, 2.45) is 0 Å². The Kier molecular flexibility index (Phi) is 5.35. The van der Waals surface area contributed by atoms with Crippen molar-refractivity contribution >= 4 is 46.8 Å². The summed E-state index contributed by atoms with van der Waals surface area (Å²) >= 11 is 4.17. The van der Waals surface area contributed by atoms with Crippen LogP contribution in [0.4, 0.5) is 0 Å². The molecule has 0 fully saturated rings. The Bertz CT molecular complexity index is 439. The summed E-state index contributed by atoms with van der Waals surface area (Å²) in [6, 6.07) is 0. The van der Waals surface area contributed by atoms with Crippen LogP contribution in [0, 0.1) is 0 Å².